The summed E-state index contributed by atoms with van der Waals surface area (Å²) in [7, 11) is 0. The average Bonchev–Trinajstić information content (AvgIpc) is 3.40. The lowest BCUT2D eigenvalue weighted by molar-refractivity contribution is 0.0943. The van der Waals surface area contributed by atoms with Crippen molar-refractivity contribution in [3.8, 4) is 0 Å². The Morgan fingerprint density at radius 2 is 1.67 bits per heavy atom. The Bertz CT molecular complexity index is 759. The maximum atomic E-state index is 12.8. The average molecular weight is 363 g/mol. The molecule has 2 fully saturated rings. The summed E-state index contributed by atoms with van der Waals surface area (Å²) < 4.78 is 0. The van der Waals surface area contributed by atoms with Crippen LogP contribution in [0.25, 0.3) is 0 Å². The molecule has 1 aliphatic carbocycles. The van der Waals surface area contributed by atoms with Crippen molar-refractivity contribution in [3.63, 3.8) is 0 Å². The Hall–Kier alpha value is -2.13. The molecule has 27 heavy (non-hydrogen) atoms. The number of carbonyl (C=O) groups excluding carboxylic acids is 1. The van der Waals surface area contributed by atoms with Crippen LogP contribution in [0, 0.1) is 0 Å². The van der Waals surface area contributed by atoms with Crippen molar-refractivity contribution in [2.24, 2.45) is 0 Å². The third-order valence-electron chi connectivity index (χ3n) is 6.33. The minimum absolute atomic E-state index is 0.0560. The molecular formula is C24H30N2O. The molecule has 0 aromatic heterocycles. The highest BCUT2D eigenvalue weighted by atomic mass is 16.1. The van der Waals surface area contributed by atoms with Gasteiger partial charge in [-0.3, -0.25) is 9.69 Å². The van der Waals surface area contributed by atoms with Gasteiger partial charge >= 0.3 is 0 Å². The molecule has 0 spiro atoms. The highest BCUT2D eigenvalue weighted by molar-refractivity contribution is 5.94. The second-order valence-corrected chi connectivity index (χ2v) is 8.22. The van der Waals surface area contributed by atoms with E-state index in [1.54, 1.807) is 0 Å². The van der Waals surface area contributed by atoms with E-state index in [2.05, 4.69) is 52.7 Å². The van der Waals surface area contributed by atoms with Gasteiger partial charge in [0.2, 0.25) is 0 Å². The Morgan fingerprint density at radius 1 is 0.926 bits per heavy atom. The van der Waals surface area contributed by atoms with E-state index in [-0.39, 0.29) is 11.3 Å². The van der Waals surface area contributed by atoms with E-state index in [4.69, 9.17) is 0 Å². The van der Waals surface area contributed by atoms with Crippen molar-refractivity contribution >= 4 is 5.91 Å². The van der Waals surface area contributed by atoms with Gasteiger partial charge in [0.15, 0.2) is 0 Å². The second kappa shape index (κ2) is 8.26. The highest BCUT2D eigenvalue weighted by Crippen LogP contribution is 2.40. The Balaban J connectivity index is 1.42. The number of likely N-dealkylation sites (tertiary alicyclic amines) is 1. The predicted molar refractivity (Wildman–Crippen MR) is 110 cm³/mol. The van der Waals surface area contributed by atoms with Gasteiger partial charge in [-0.1, -0.05) is 55.3 Å². The van der Waals surface area contributed by atoms with E-state index < -0.39 is 0 Å². The molecule has 1 saturated carbocycles. The van der Waals surface area contributed by atoms with Crippen LogP contribution >= 0.6 is 0 Å². The number of nitrogens with one attached hydrogen (secondary N) is 1. The van der Waals surface area contributed by atoms with Crippen LogP contribution in [0.1, 0.15) is 60.0 Å². The van der Waals surface area contributed by atoms with E-state index in [0.29, 0.717) is 0 Å². The van der Waals surface area contributed by atoms with Gasteiger partial charge in [-0.05, 0) is 62.0 Å². The smallest absolute Gasteiger partial charge is 0.251 e. The summed E-state index contributed by atoms with van der Waals surface area (Å²) >= 11 is 0. The molecule has 2 aliphatic rings. The number of benzene rings is 2. The number of hydrogen-bond donors (Lipinski definition) is 1. The lowest BCUT2D eigenvalue weighted by Crippen LogP contribution is -2.39. The van der Waals surface area contributed by atoms with Gasteiger partial charge in [-0.15, -0.1) is 0 Å². The molecular weight excluding hydrogens is 332 g/mol. The van der Waals surface area contributed by atoms with E-state index in [9.17, 15) is 4.79 Å². The zero-order chi connectivity index (χ0) is 18.5. The largest absolute Gasteiger partial charge is 0.351 e. The molecule has 3 nitrogen and oxygen atoms in total. The molecule has 0 bridgehead atoms. The van der Waals surface area contributed by atoms with Crippen molar-refractivity contribution < 1.29 is 4.79 Å². The maximum Gasteiger partial charge on any atom is 0.251 e. The quantitative estimate of drug-likeness (QED) is 0.819. The van der Waals surface area contributed by atoms with Crippen LogP contribution in [0.4, 0.5) is 0 Å². The number of amides is 1. The number of hydrogen-bond acceptors (Lipinski definition) is 2. The third kappa shape index (κ3) is 4.24. The topological polar surface area (TPSA) is 32.3 Å². The minimum atomic E-state index is 0.0560. The zero-order valence-corrected chi connectivity index (χ0v) is 16.1. The molecule has 1 heterocycles. The van der Waals surface area contributed by atoms with Gasteiger partial charge in [0.25, 0.3) is 5.91 Å². The molecule has 1 amide bonds. The summed E-state index contributed by atoms with van der Waals surface area (Å²) in [5, 5.41) is 3.25. The molecule has 0 radical (unpaired) electrons. The molecule has 2 aromatic rings. The highest BCUT2D eigenvalue weighted by Gasteiger charge is 2.35. The summed E-state index contributed by atoms with van der Waals surface area (Å²) in [5.41, 5.74) is 3.49. The molecule has 3 heteroatoms. The summed E-state index contributed by atoms with van der Waals surface area (Å²) in [6, 6.07) is 18.9. The fourth-order valence-corrected chi connectivity index (χ4v) is 4.77. The Morgan fingerprint density at radius 3 is 2.41 bits per heavy atom. The van der Waals surface area contributed by atoms with Gasteiger partial charge in [-0.25, -0.2) is 0 Å². The van der Waals surface area contributed by atoms with E-state index in [1.807, 2.05) is 12.1 Å². The van der Waals surface area contributed by atoms with Gasteiger partial charge in [0, 0.05) is 24.1 Å². The van der Waals surface area contributed by atoms with Crippen molar-refractivity contribution in [2.75, 3.05) is 19.6 Å². The standard InChI is InChI=1S/C24H30N2O/c27-23(21-10-8-9-20(17-21)18-26-15-6-7-16-26)25-19-24(13-4-5-14-24)22-11-2-1-3-12-22/h1-3,8-12,17H,4-7,13-16,18-19H2,(H,25,27). The first-order valence-electron chi connectivity index (χ1n) is 10.4. The fraction of sp³-hybridized carbons (Fsp3) is 0.458. The molecule has 2 aromatic carbocycles. The van der Waals surface area contributed by atoms with E-state index in [1.165, 1.54) is 49.9 Å². The predicted octanol–water partition coefficient (Wildman–Crippen LogP) is 4.52. The van der Waals surface area contributed by atoms with Crippen molar-refractivity contribution in [1.29, 1.82) is 0 Å². The monoisotopic (exact) mass is 362 g/mol. The number of carbonyl (C=O) groups is 1. The van der Waals surface area contributed by atoms with Crippen molar-refractivity contribution in [2.45, 2.75) is 50.5 Å². The molecule has 142 valence electrons. The fourth-order valence-electron chi connectivity index (χ4n) is 4.77. The van der Waals surface area contributed by atoms with Gasteiger partial charge in [-0.2, -0.15) is 0 Å². The summed E-state index contributed by atoms with van der Waals surface area (Å²) in [6.45, 7) is 4.04. The first-order chi connectivity index (χ1) is 13.3. The Labute approximate surface area is 162 Å². The second-order valence-electron chi connectivity index (χ2n) is 8.22. The van der Waals surface area contributed by atoms with Crippen LogP contribution in [0.5, 0.6) is 0 Å². The first-order valence-corrected chi connectivity index (χ1v) is 10.4. The lowest BCUT2D eigenvalue weighted by atomic mass is 9.79. The molecule has 0 atom stereocenters. The summed E-state index contributed by atoms with van der Waals surface area (Å²) in [6.07, 6.45) is 7.40. The SMILES string of the molecule is O=C(NCC1(c2ccccc2)CCCC1)c1cccc(CN2CCCC2)c1. The van der Waals surface area contributed by atoms with Gasteiger partial charge in [0.05, 0.1) is 0 Å². The summed E-state index contributed by atoms with van der Waals surface area (Å²) in [5.74, 6) is 0.0560. The normalized spacial score (nSPS) is 19.3. The Kier molecular flexibility index (Phi) is 5.58. The van der Waals surface area contributed by atoms with Crippen LogP contribution in [0.2, 0.25) is 0 Å². The van der Waals surface area contributed by atoms with Crippen molar-refractivity contribution in [1.82, 2.24) is 10.2 Å². The number of rotatable bonds is 6. The van der Waals surface area contributed by atoms with Crippen molar-refractivity contribution in [3.05, 3.63) is 71.3 Å². The lowest BCUT2D eigenvalue weighted by Gasteiger charge is -2.30. The van der Waals surface area contributed by atoms with Crippen LogP contribution in [-0.2, 0) is 12.0 Å². The molecule has 4 rings (SSSR count). The van der Waals surface area contributed by atoms with Crippen LogP contribution in [0.15, 0.2) is 54.6 Å². The number of nitrogens with zero attached hydrogens (tertiary/aromatic N) is 1. The van der Waals surface area contributed by atoms with E-state index >= 15 is 0 Å². The van der Waals surface area contributed by atoms with Gasteiger partial charge in [0.1, 0.15) is 0 Å². The van der Waals surface area contributed by atoms with Crippen LogP contribution in [-0.4, -0.2) is 30.4 Å². The molecule has 1 aliphatic heterocycles. The van der Waals surface area contributed by atoms with Crippen LogP contribution in [0.3, 0.4) is 0 Å². The van der Waals surface area contributed by atoms with E-state index in [0.717, 1.165) is 31.5 Å². The minimum Gasteiger partial charge on any atom is -0.351 e. The molecule has 1 N–H and O–H groups in total. The first kappa shape index (κ1) is 18.2. The third-order valence-corrected chi connectivity index (χ3v) is 6.33. The summed E-state index contributed by atoms with van der Waals surface area (Å²) in [4.78, 5) is 15.3. The molecule has 0 unspecified atom stereocenters. The zero-order valence-electron chi connectivity index (χ0n) is 16.1. The van der Waals surface area contributed by atoms with Gasteiger partial charge < -0.3 is 5.32 Å². The van der Waals surface area contributed by atoms with Crippen LogP contribution < -0.4 is 5.32 Å². The molecule has 1 saturated heterocycles. The maximum absolute atomic E-state index is 12.8.